The van der Waals surface area contributed by atoms with Gasteiger partial charge in [-0.15, -0.1) is 72.3 Å². The van der Waals surface area contributed by atoms with Crippen LogP contribution in [0.15, 0.2) is 0 Å². The zero-order valence-corrected chi connectivity index (χ0v) is 70.5. The van der Waals surface area contributed by atoms with Crippen molar-refractivity contribution in [1.29, 1.82) is 0 Å². The number of carbonyl (C=O) groups is 8. The number of rotatable bonds is 56. The average molecular weight is 1590 g/mol. The molecule has 0 aliphatic carbocycles. The topological polar surface area (TPSA) is 471 Å². The molecule has 504 valence electrons. The maximum absolute atomic E-state index is 11.6. The van der Waals surface area contributed by atoms with Gasteiger partial charge in [0.15, 0.2) is 10.9 Å². The Bertz CT molecular complexity index is 2200. The Labute approximate surface area is 655 Å². The molecule has 0 amide bonds. The van der Waals surface area contributed by atoms with Crippen LogP contribution in [0.3, 0.4) is 0 Å². The van der Waals surface area contributed by atoms with Crippen LogP contribution < -0.4 is 118 Å². The molecule has 0 aromatic rings. The maximum Gasteiger partial charge on any atom is 1.00 e. The van der Waals surface area contributed by atoms with E-state index in [1.54, 1.807) is 23.5 Å². The molecular formula is C44H76Na4O28S12Si2. The summed E-state index contributed by atoms with van der Waals surface area (Å²) in [5.74, 6) is 3.31. The number of aliphatic carboxylic acids is 4. The van der Waals surface area contributed by atoms with Gasteiger partial charge < -0.3 is 62.3 Å². The quantitative estimate of drug-likeness (QED) is 0.00836. The Morgan fingerprint density at radius 2 is 0.700 bits per heavy atom. The Morgan fingerprint density at radius 1 is 0.444 bits per heavy atom. The van der Waals surface area contributed by atoms with E-state index >= 15 is 0 Å². The second kappa shape index (κ2) is 70.9. The molecule has 0 fully saturated rings. The van der Waals surface area contributed by atoms with Crippen molar-refractivity contribution in [3.8, 4) is 0 Å². The minimum absolute atomic E-state index is 0. The third-order valence-corrected chi connectivity index (χ3v) is 34.9. The standard InChI is InChI=1S/C24H36O16S4Si.C20H42O6S6Si.4Na.2O3S/c25-13-37-11-21(39-15-27)43-3-7-45(5-1-41-17(23(33)34)9-19(29)30,6-2-42-18(24(35)36)10-20(31)32)8-4-44-22(40-16-28)12-38-14-26;1-3-7-27-11-17-33(18-12-28-8-4-2,19-13-29-9-5-15-31(21,22)23)20-14-30-10-6-16-32(24,25)26;;;;;2*1-4(2)3/h13-18,21-22H,1-12H2,(H,29,30)(H,31,32)(H,33,34)(H,35,36);1-20H2,(H,21,22,23)(H,24,25,26);;;;;;/q;-2;4*+1;;/p-2. The summed E-state index contributed by atoms with van der Waals surface area (Å²) < 4.78 is 135. The second-order valence-electron chi connectivity index (χ2n) is 17.3. The first-order valence-corrected chi connectivity index (χ1v) is 45.0. The molecule has 4 N–H and O–H groups in total. The SMILES string of the molecule is O=COCC(OC=O)SCC[Si](CCSC(COC=O)OC=O)(CCSC(CC(=O)O)C(=O)O)CCSC(CC(=O)O)C(=O)O.O=S(=O)=O.O=S(=O)=O.[CH2-]CCSCC[Si](CCSCC[CH2-])(CCSCCCS(=O)(=O)[O-])CCSCCCS(=O)(=O)[O-].[Na+].[Na+].[Na+].[Na+]. The summed E-state index contributed by atoms with van der Waals surface area (Å²) >= 11 is 11.7. The minimum Gasteiger partial charge on any atom is -0.748 e. The van der Waals surface area contributed by atoms with Crippen molar-refractivity contribution in [1.82, 2.24) is 0 Å². The van der Waals surface area contributed by atoms with Gasteiger partial charge in [0.1, 0.15) is 23.7 Å². The molecule has 0 aromatic heterocycles. The zero-order chi connectivity index (χ0) is 66.3. The largest absolute Gasteiger partial charge is 1.00 e. The zero-order valence-electron chi connectivity index (χ0n) is 50.7. The molecule has 0 spiro atoms. The molecule has 0 aliphatic heterocycles. The Hall–Kier alpha value is 2.05. The molecule has 0 saturated carbocycles. The maximum atomic E-state index is 11.6. The van der Waals surface area contributed by atoms with Crippen molar-refractivity contribution >= 4 is 201 Å². The molecule has 4 atom stereocenters. The molecule has 0 aromatic carbocycles. The van der Waals surface area contributed by atoms with Crippen LogP contribution in [0, 0.1) is 13.8 Å². The summed E-state index contributed by atoms with van der Waals surface area (Å²) in [5.41, 5.74) is -1.63. The molecule has 0 aliphatic rings. The van der Waals surface area contributed by atoms with Crippen molar-refractivity contribution in [3.05, 3.63) is 13.8 Å². The fourth-order valence-electron chi connectivity index (χ4n) is 6.96. The molecule has 0 bridgehead atoms. The number of carbonyl (C=O) groups excluding carboxylic acids is 4. The number of thioether (sulfide) groups is 8. The average Bonchev–Trinajstić information content (AvgIpc) is 3.62. The molecule has 46 heteroatoms. The van der Waals surface area contributed by atoms with E-state index in [0.29, 0.717) is 60.0 Å². The van der Waals surface area contributed by atoms with Gasteiger partial charge >= 0.3 is 163 Å². The van der Waals surface area contributed by atoms with Gasteiger partial charge in [-0.25, -0.2) is 16.8 Å². The molecule has 0 radical (unpaired) electrons. The van der Waals surface area contributed by atoms with Crippen LogP contribution in [-0.2, 0) is 98.8 Å². The first-order chi connectivity index (χ1) is 40.4. The fourth-order valence-corrected chi connectivity index (χ4v) is 33.8. The minimum atomic E-state index is -4.13. The third kappa shape index (κ3) is 77.4. The summed E-state index contributed by atoms with van der Waals surface area (Å²) in [6.07, 6.45) is 1.46. The normalized spacial score (nSPS) is 12.7. The number of carboxylic acid groups (broad SMARTS) is 4. The summed E-state index contributed by atoms with van der Waals surface area (Å²) in [7, 11) is -18.7. The monoisotopic (exact) mass is 1580 g/mol. The molecule has 4 unspecified atom stereocenters. The van der Waals surface area contributed by atoms with Gasteiger partial charge in [-0.3, -0.25) is 38.4 Å². The van der Waals surface area contributed by atoms with Crippen LogP contribution in [0.1, 0.15) is 38.5 Å². The van der Waals surface area contributed by atoms with E-state index in [2.05, 4.69) is 13.8 Å². The van der Waals surface area contributed by atoms with Crippen molar-refractivity contribution in [2.24, 2.45) is 0 Å². The van der Waals surface area contributed by atoms with Crippen molar-refractivity contribution in [2.45, 2.75) is 108 Å². The molecule has 0 heterocycles. The van der Waals surface area contributed by atoms with Crippen LogP contribution in [0.25, 0.3) is 0 Å². The van der Waals surface area contributed by atoms with Crippen LogP contribution >= 0.6 is 94.1 Å². The summed E-state index contributed by atoms with van der Waals surface area (Å²) in [4.78, 5) is 88.7. The number of ether oxygens (including phenoxy) is 4. The Balaban J connectivity index is -0.000000220. The Morgan fingerprint density at radius 3 is 0.922 bits per heavy atom. The van der Waals surface area contributed by atoms with Crippen molar-refractivity contribution < 1.29 is 247 Å². The van der Waals surface area contributed by atoms with Crippen LogP contribution in [0.2, 0.25) is 48.4 Å². The van der Waals surface area contributed by atoms with Crippen LogP contribution in [-0.4, -0.2) is 253 Å². The van der Waals surface area contributed by atoms with Crippen molar-refractivity contribution in [2.75, 3.05) is 93.8 Å². The first kappa shape index (κ1) is 108. The van der Waals surface area contributed by atoms with Gasteiger partial charge in [-0.2, -0.15) is 59.9 Å². The van der Waals surface area contributed by atoms with Gasteiger partial charge in [-0.05, 0) is 130 Å². The van der Waals surface area contributed by atoms with Crippen molar-refractivity contribution in [3.63, 3.8) is 0 Å². The number of hydrogen-bond acceptors (Lipinski definition) is 32. The third-order valence-electron chi connectivity index (χ3n) is 11.1. The molecule has 0 rings (SSSR count). The van der Waals surface area contributed by atoms with Gasteiger partial charge in [0, 0.05) is 11.5 Å². The van der Waals surface area contributed by atoms with E-state index in [1.807, 2.05) is 23.5 Å². The number of carboxylic acids is 4. The molecule has 0 saturated heterocycles. The summed E-state index contributed by atoms with van der Waals surface area (Å²) in [6, 6.07) is 6.76. The van der Waals surface area contributed by atoms with Gasteiger partial charge in [0.2, 0.25) is 0 Å². The van der Waals surface area contributed by atoms with Gasteiger partial charge in [0.05, 0.1) is 49.2 Å². The van der Waals surface area contributed by atoms with Crippen LogP contribution in [0.4, 0.5) is 0 Å². The molecule has 90 heavy (non-hydrogen) atoms. The second-order valence-corrected chi connectivity index (χ2v) is 41.2. The van der Waals surface area contributed by atoms with E-state index in [0.717, 1.165) is 70.9 Å². The van der Waals surface area contributed by atoms with E-state index in [1.165, 1.54) is 47.7 Å². The fraction of sp³-hybridized carbons (Fsp3) is 0.773. The van der Waals surface area contributed by atoms with Crippen LogP contribution in [0.5, 0.6) is 0 Å². The smallest absolute Gasteiger partial charge is 0.748 e. The van der Waals surface area contributed by atoms with E-state index < -0.39 is 116 Å². The van der Waals surface area contributed by atoms with E-state index in [4.69, 9.17) is 54.4 Å². The molecular weight excluding hydrogens is 1510 g/mol. The molecule has 28 nitrogen and oxygen atoms in total. The predicted molar refractivity (Wildman–Crippen MR) is 340 cm³/mol. The van der Waals surface area contributed by atoms with E-state index in [9.17, 15) is 74.5 Å². The van der Waals surface area contributed by atoms with E-state index in [-0.39, 0.29) is 180 Å². The predicted octanol–water partition coefficient (Wildman–Crippen LogP) is -7.74. The summed E-state index contributed by atoms with van der Waals surface area (Å²) in [5, 5.41) is 34.8. The first-order valence-electron chi connectivity index (χ1n) is 25.4. The summed E-state index contributed by atoms with van der Waals surface area (Å²) in [6.45, 7) is 8.23. The number of hydrogen-bond donors (Lipinski definition) is 4. The Kier molecular flexibility index (Phi) is 85.1. The van der Waals surface area contributed by atoms with Gasteiger partial charge in [0.25, 0.3) is 25.9 Å². The van der Waals surface area contributed by atoms with Gasteiger partial charge in [-0.1, -0.05) is 0 Å².